The lowest BCUT2D eigenvalue weighted by atomic mass is 9.95. The topological polar surface area (TPSA) is 47.4 Å². The van der Waals surface area contributed by atoms with Crippen molar-refractivity contribution in [2.75, 3.05) is 26.3 Å². The summed E-state index contributed by atoms with van der Waals surface area (Å²) in [6, 6.07) is 7.92. The normalized spacial score (nSPS) is 19.1. The van der Waals surface area contributed by atoms with Crippen molar-refractivity contribution in [3.63, 3.8) is 0 Å². The van der Waals surface area contributed by atoms with Crippen LogP contribution in [0.5, 0.6) is 0 Å². The lowest BCUT2D eigenvalue weighted by Gasteiger charge is -2.33. The fourth-order valence-electron chi connectivity index (χ4n) is 4.54. The van der Waals surface area contributed by atoms with Crippen molar-refractivity contribution < 1.29 is 9.53 Å². The molecule has 0 unspecified atom stereocenters. The zero-order valence-electron chi connectivity index (χ0n) is 17.1. The molecule has 2 aromatic rings. The van der Waals surface area contributed by atoms with Gasteiger partial charge in [0.05, 0.1) is 0 Å². The van der Waals surface area contributed by atoms with Crippen molar-refractivity contribution in [1.29, 1.82) is 0 Å². The van der Waals surface area contributed by atoms with Crippen molar-refractivity contribution >= 4 is 5.91 Å². The van der Waals surface area contributed by atoms with Crippen LogP contribution in [-0.2, 0) is 11.3 Å². The van der Waals surface area contributed by atoms with Crippen LogP contribution in [0.15, 0.2) is 30.5 Å². The molecular weight excluding hydrogens is 350 g/mol. The number of amides is 1. The molecule has 2 aliphatic rings. The number of aryl methyl sites for hydroxylation is 2. The van der Waals surface area contributed by atoms with E-state index in [0.717, 1.165) is 69.7 Å². The first kappa shape index (κ1) is 19.2. The van der Waals surface area contributed by atoms with Crippen molar-refractivity contribution in [3.05, 3.63) is 53.1 Å². The van der Waals surface area contributed by atoms with Crippen LogP contribution in [0.1, 0.15) is 59.0 Å². The molecule has 5 heteroatoms. The Bertz CT molecular complexity index is 815. The van der Waals surface area contributed by atoms with Crippen molar-refractivity contribution in [3.8, 4) is 0 Å². The summed E-state index contributed by atoms with van der Waals surface area (Å²) in [5.74, 6) is 2.53. The van der Waals surface area contributed by atoms with E-state index in [1.54, 1.807) is 0 Å². The average Bonchev–Trinajstić information content (AvgIpc) is 3.09. The average molecular weight is 382 g/mol. The van der Waals surface area contributed by atoms with E-state index in [1.807, 2.05) is 42.3 Å². The van der Waals surface area contributed by atoms with E-state index in [9.17, 15) is 4.79 Å². The molecule has 0 N–H and O–H groups in total. The lowest BCUT2D eigenvalue weighted by molar-refractivity contribution is 0.0679. The molecule has 5 nitrogen and oxygen atoms in total. The molecule has 0 atom stereocenters. The molecule has 4 rings (SSSR count). The van der Waals surface area contributed by atoms with Gasteiger partial charge in [0.15, 0.2) is 0 Å². The number of benzene rings is 1. The van der Waals surface area contributed by atoms with E-state index in [1.165, 1.54) is 11.5 Å². The Hall–Kier alpha value is -2.14. The number of imidazole rings is 1. The predicted octanol–water partition coefficient (Wildman–Crippen LogP) is 3.95. The molecule has 28 heavy (non-hydrogen) atoms. The standard InChI is InChI=1S/C23H31N3O2/c1-17-4-3-5-21(14-17)23(27)25-10-6-19(7-11-25)16-26-18(2)15-24-22(26)20-8-12-28-13-9-20/h3-5,14-15,19-20H,6-13,16H2,1-2H3. The smallest absolute Gasteiger partial charge is 0.253 e. The summed E-state index contributed by atoms with van der Waals surface area (Å²) >= 11 is 0. The fraction of sp³-hybridized carbons (Fsp3) is 0.565. The summed E-state index contributed by atoms with van der Waals surface area (Å²) in [5.41, 5.74) is 3.20. The second-order valence-corrected chi connectivity index (χ2v) is 8.36. The van der Waals surface area contributed by atoms with Crippen LogP contribution < -0.4 is 0 Å². The third-order valence-electron chi connectivity index (χ3n) is 6.28. The van der Waals surface area contributed by atoms with Gasteiger partial charge in [0.2, 0.25) is 0 Å². The number of likely N-dealkylation sites (tertiary alicyclic amines) is 1. The van der Waals surface area contributed by atoms with E-state index in [4.69, 9.17) is 9.72 Å². The first-order valence-corrected chi connectivity index (χ1v) is 10.6. The van der Waals surface area contributed by atoms with Crippen LogP contribution in [0.25, 0.3) is 0 Å². The Morgan fingerprint density at radius 1 is 1.14 bits per heavy atom. The summed E-state index contributed by atoms with van der Waals surface area (Å²) < 4.78 is 7.95. The predicted molar refractivity (Wildman–Crippen MR) is 110 cm³/mol. The Kier molecular flexibility index (Phi) is 5.81. The second kappa shape index (κ2) is 8.48. The molecule has 0 saturated carbocycles. The summed E-state index contributed by atoms with van der Waals surface area (Å²) in [7, 11) is 0. The quantitative estimate of drug-likeness (QED) is 0.806. The van der Waals surface area contributed by atoms with E-state index >= 15 is 0 Å². The third-order valence-corrected chi connectivity index (χ3v) is 6.28. The minimum Gasteiger partial charge on any atom is -0.381 e. The number of carbonyl (C=O) groups excluding carboxylic acids is 1. The van der Waals surface area contributed by atoms with Gasteiger partial charge >= 0.3 is 0 Å². The zero-order chi connectivity index (χ0) is 19.5. The molecular formula is C23H31N3O2. The highest BCUT2D eigenvalue weighted by molar-refractivity contribution is 5.94. The SMILES string of the molecule is Cc1cccc(C(=O)N2CCC(Cn3c(C)cnc3C3CCOCC3)CC2)c1. The molecule has 1 aromatic carbocycles. The second-order valence-electron chi connectivity index (χ2n) is 8.36. The molecule has 2 aliphatic heterocycles. The molecule has 0 aliphatic carbocycles. The van der Waals surface area contributed by atoms with Gasteiger partial charge in [0.1, 0.15) is 5.82 Å². The van der Waals surface area contributed by atoms with Crippen molar-refractivity contribution in [2.24, 2.45) is 5.92 Å². The molecule has 150 valence electrons. The van der Waals surface area contributed by atoms with Gasteiger partial charge in [-0.2, -0.15) is 0 Å². The molecule has 3 heterocycles. The highest BCUT2D eigenvalue weighted by Crippen LogP contribution is 2.29. The summed E-state index contributed by atoms with van der Waals surface area (Å²) in [6.45, 7) is 8.59. The maximum absolute atomic E-state index is 12.8. The number of carbonyl (C=O) groups is 1. The van der Waals surface area contributed by atoms with Gasteiger partial charge in [-0.15, -0.1) is 0 Å². The van der Waals surface area contributed by atoms with Gasteiger partial charge in [-0.05, 0) is 57.6 Å². The number of rotatable bonds is 4. The van der Waals surface area contributed by atoms with Crippen molar-refractivity contribution in [1.82, 2.24) is 14.5 Å². The first-order valence-electron chi connectivity index (χ1n) is 10.6. The molecule has 2 saturated heterocycles. The van der Waals surface area contributed by atoms with Crippen LogP contribution in [0.4, 0.5) is 0 Å². The lowest BCUT2D eigenvalue weighted by Crippen LogP contribution is -2.39. The fourth-order valence-corrected chi connectivity index (χ4v) is 4.54. The number of piperidine rings is 1. The van der Waals surface area contributed by atoms with Crippen LogP contribution in [0.2, 0.25) is 0 Å². The summed E-state index contributed by atoms with van der Waals surface area (Å²) in [5, 5.41) is 0. The van der Waals surface area contributed by atoms with Crippen LogP contribution in [0.3, 0.4) is 0 Å². The Labute approximate surface area is 167 Å². The Morgan fingerprint density at radius 2 is 1.89 bits per heavy atom. The minimum absolute atomic E-state index is 0.170. The van der Waals surface area contributed by atoms with Gasteiger partial charge in [-0.25, -0.2) is 4.98 Å². The number of hydrogen-bond donors (Lipinski definition) is 0. The number of aromatic nitrogens is 2. The molecule has 2 fully saturated rings. The van der Waals surface area contributed by atoms with Crippen LogP contribution in [-0.4, -0.2) is 46.7 Å². The highest BCUT2D eigenvalue weighted by Gasteiger charge is 2.27. The minimum atomic E-state index is 0.170. The van der Waals surface area contributed by atoms with Crippen LogP contribution in [0, 0.1) is 19.8 Å². The summed E-state index contributed by atoms with van der Waals surface area (Å²) in [6.07, 6.45) is 6.27. The van der Waals surface area contributed by atoms with Gasteiger partial charge in [-0.1, -0.05) is 17.7 Å². The molecule has 1 amide bonds. The van der Waals surface area contributed by atoms with Gasteiger partial charge in [0, 0.05) is 56.2 Å². The van der Waals surface area contributed by atoms with E-state index in [-0.39, 0.29) is 5.91 Å². The van der Waals surface area contributed by atoms with E-state index in [2.05, 4.69) is 11.5 Å². The van der Waals surface area contributed by atoms with Crippen molar-refractivity contribution in [2.45, 2.75) is 52.0 Å². The summed E-state index contributed by atoms with van der Waals surface area (Å²) in [4.78, 5) is 19.5. The first-order chi connectivity index (χ1) is 13.6. The number of hydrogen-bond acceptors (Lipinski definition) is 3. The maximum Gasteiger partial charge on any atom is 0.253 e. The third kappa shape index (κ3) is 4.14. The van der Waals surface area contributed by atoms with Gasteiger partial charge in [-0.3, -0.25) is 4.79 Å². The highest BCUT2D eigenvalue weighted by atomic mass is 16.5. The Balaban J connectivity index is 1.37. The Morgan fingerprint density at radius 3 is 2.61 bits per heavy atom. The molecule has 1 aromatic heterocycles. The monoisotopic (exact) mass is 381 g/mol. The van der Waals surface area contributed by atoms with Gasteiger partial charge < -0.3 is 14.2 Å². The number of nitrogens with zero attached hydrogens (tertiary/aromatic N) is 3. The van der Waals surface area contributed by atoms with Gasteiger partial charge in [0.25, 0.3) is 5.91 Å². The molecule has 0 spiro atoms. The van der Waals surface area contributed by atoms with E-state index < -0.39 is 0 Å². The molecule has 0 bridgehead atoms. The maximum atomic E-state index is 12.8. The largest absolute Gasteiger partial charge is 0.381 e. The van der Waals surface area contributed by atoms with E-state index in [0.29, 0.717) is 11.8 Å². The zero-order valence-corrected chi connectivity index (χ0v) is 17.1. The number of ether oxygens (including phenoxy) is 1. The van der Waals surface area contributed by atoms with Crippen LogP contribution >= 0.6 is 0 Å². The molecule has 0 radical (unpaired) electrons.